The van der Waals surface area contributed by atoms with Gasteiger partial charge < -0.3 is 11.1 Å². The molecule has 1 rings (SSSR count). The van der Waals surface area contributed by atoms with Crippen molar-refractivity contribution in [1.29, 1.82) is 0 Å². The molecule has 3 nitrogen and oxygen atoms in total. The summed E-state index contributed by atoms with van der Waals surface area (Å²) < 4.78 is 0. The van der Waals surface area contributed by atoms with Crippen molar-refractivity contribution in [2.24, 2.45) is 5.73 Å². The molecule has 0 aliphatic rings. The van der Waals surface area contributed by atoms with E-state index in [2.05, 4.69) is 12.2 Å². The fraction of sp³-hybridized carbons (Fsp3) is 0.417. The van der Waals surface area contributed by atoms with Gasteiger partial charge >= 0.3 is 0 Å². The van der Waals surface area contributed by atoms with E-state index in [1.54, 1.807) is 7.05 Å². The zero-order chi connectivity index (χ0) is 11.3. The first kappa shape index (κ1) is 11.7. The van der Waals surface area contributed by atoms with Crippen LogP contribution in [-0.4, -0.2) is 19.5 Å². The summed E-state index contributed by atoms with van der Waals surface area (Å²) in [5.74, 6) is -0.261. The minimum atomic E-state index is -0.235. The molecule has 0 heterocycles. The predicted molar refractivity (Wildman–Crippen MR) is 61.7 cm³/mol. The van der Waals surface area contributed by atoms with Gasteiger partial charge in [-0.3, -0.25) is 4.79 Å². The number of nitrogens with one attached hydrogen (secondary N) is 1. The monoisotopic (exact) mass is 206 g/mol. The number of amides is 1. The summed E-state index contributed by atoms with van der Waals surface area (Å²) in [5.41, 5.74) is 7.84. The summed E-state index contributed by atoms with van der Waals surface area (Å²) in [7, 11) is 1.63. The Bertz CT molecular complexity index is 319. The molecular formula is C12H18N2O. The molecule has 0 aliphatic heterocycles. The van der Waals surface area contributed by atoms with E-state index < -0.39 is 0 Å². The molecule has 82 valence electrons. The Kier molecular flexibility index (Phi) is 4.31. The Morgan fingerprint density at radius 2 is 2.00 bits per heavy atom. The van der Waals surface area contributed by atoms with E-state index in [0.29, 0.717) is 6.54 Å². The molecule has 1 amide bonds. The van der Waals surface area contributed by atoms with Crippen molar-refractivity contribution in [3.05, 3.63) is 35.4 Å². The SMILES string of the molecule is CCc1ccc(C(CN)C(=O)NC)cc1. The first-order valence-corrected chi connectivity index (χ1v) is 5.23. The van der Waals surface area contributed by atoms with Crippen LogP contribution in [0.25, 0.3) is 0 Å². The summed E-state index contributed by atoms with van der Waals surface area (Å²) in [6.07, 6.45) is 1.01. The molecule has 0 spiro atoms. The van der Waals surface area contributed by atoms with E-state index in [-0.39, 0.29) is 11.8 Å². The van der Waals surface area contributed by atoms with E-state index in [1.807, 2.05) is 24.3 Å². The van der Waals surface area contributed by atoms with Crippen LogP contribution in [0.4, 0.5) is 0 Å². The topological polar surface area (TPSA) is 55.1 Å². The van der Waals surface area contributed by atoms with Crippen molar-refractivity contribution >= 4 is 5.91 Å². The van der Waals surface area contributed by atoms with Gasteiger partial charge in [0.2, 0.25) is 5.91 Å². The van der Waals surface area contributed by atoms with Gasteiger partial charge in [0.25, 0.3) is 0 Å². The fourth-order valence-electron chi connectivity index (χ4n) is 1.55. The lowest BCUT2D eigenvalue weighted by Crippen LogP contribution is -2.30. The number of hydrogen-bond acceptors (Lipinski definition) is 2. The summed E-state index contributed by atoms with van der Waals surface area (Å²) in [4.78, 5) is 11.5. The average molecular weight is 206 g/mol. The molecule has 0 saturated heterocycles. The van der Waals surface area contributed by atoms with Gasteiger partial charge in [-0.1, -0.05) is 31.2 Å². The number of carbonyl (C=O) groups excluding carboxylic acids is 1. The van der Waals surface area contributed by atoms with Crippen molar-refractivity contribution in [3.63, 3.8) is 0 Å². The maximum Gasteiger partial charge on any atom is 0.228 e. The van der Waals surface area contributed by atoms with Crippen LogP contribution in [0.3, 0.4) is 0 Å². The first-order valence-electron chi connectivity index (χ1n) is 5.23. The Balaban J connectivity index is 2.87. The second-order valence-electron chi connectivity index (χ2n) is 3.50. The quantitative estimate of drug-likeness (QED) is 0.773. The molecule has 3 heteroatoms. The largest absolute Gasteiger partial charge is 0.359 e. The second-order valence-corrected chi connectivity index (χ2v) is 3.50. The summed E-state index contributed by atoms with van der Waals surface area (Å²) in [6.45, 7) is 2.44. The Morgan fingerprint density at radius 3 is 2.40 bits per heavy atom. The highest BCUT2D eigenvalue weighted by Crippen LogP contribution is 2.15. The molecule has 3 N–H and O–H groups in total. The lowest BCUT2D eigenvalue weighted by atomic mass is 9.97. The highest BCUT2D eigenvalue weighted by Gasteiger charge is 2.16. The zero-order valence-corrected chi connectivity index (χ0v) is 9.29. The maximum absolute atomic E-state index is 11.5. The normalized spacial score (nSPS) is 12.2. The van der Waals surface area contributed by atoms with Crippen LogP contribution in [0.5, 0.6) is 0 Å². The molecule has 0 radical (unpaired) electrons. The van der Waals surface area contributed by atoms with Crippen LogP contribution < -0.4 is 11.1 Å². The highest BCUT2D eigenvalue weighted by molar-refractivity contribution is 5.83. The van der Waals surface area contributed by atoms with Crippen LogP contribution in [0.15, 0.2) is 24.3 Å². The van der Waals surface area contributed by atoms with Crippen molar-refractivity contribution in [1.82, 2.24) is 5.32 Å². The third kappa shape index (κ3) is 2.80. The van der Waals surface area contributed by atoms with E-state index in [4.69, 9.17) is 5.73 Å². The first-order chi connectivity index (χ1) is 7.22. The smallest absolute Gasteiger partial charge is 0.228 e. The van der Waals surface area contributed by atoms with Crippen LogP contribution >= 0.6 is 0 Å². The number of rotatable bonds is 4. The molecule has 0 aromatic heterocycles. The van der Waals surface area contributed by atoms with Gasteiger partial charge in [-0.25, -0.2) is 0 Å². The molecule has 1 unspecified atom stereocenters. The van der Waals surface area contributed by atoms with Gasteiger partial charge in [0.1, 0.15) is 0 Å². The van der Waals surface area contributed by atoms with Crippen LogP contribution in [0.1, 0.15) is 24.0 Å². The number of nitrogens with two attached hydrogens (primary N) is 1. The zero-order valence-electron chi connectivity index (χ0n) is 9.29. The van der Waals surface area contributed by atoms with Crippen LogP contribution in [-0.2, 0) is 11.2 Å². The van der Waals surface area contributed by atoms with Crippen molar-refractivity contribution in [2.75, 3.05) is 13.6 Å². The number of aryl methyl sites for hydroxylation is 1. The third-order valence-corrected chi connectivity index (χ3v) is 2.59. The van der Waals surface area contributed by atoms with Gasteiger partial charge in [-0.05, 0) is 17.5 Å². The Morgan fingerprint density at radius 1 is 1.40 bits per heavy atom. The van der Waals surface area contributed by atoms with Crippen molar-refractivity contribution in [2.45, 2.75) is 19.3 Å². The summed E-state index contributed by atoms with van der Waals surface area (Å²) >= 11 is 0. The van der Waals surface area contributed by atoms with Crippen molar-refractivity contribution < 1.29 is 4.79 Å². The minimum absolute atomic E-state index is 0.0262. The van der Waals surface area contributed by atoms with E-state index in [1.165, 1.54) is 5.56 Å². The fourth-order valence-corrected chi connectivity index (χ4v) is 1.55. The lowest BCUT2D eigenvalue weighted by Gasteiger charge is -2.13. The van der Waals surface area contributed by atoms with Gasteiger partial charge in [0.15, 0.2) is 0 Å². The van der Waals surface area contributed by atoms with E-state index in [0.717, 1.165) is 12.0 Å². The van der Waals surface area contributed by atoms with Crippen LogP contribution in [0.2, 0.25) is 0 Å². The molecule has 0 aliphatic carbocycles. The number of benzene rings is 1. The van der Waals surface area contributed by atoms with Gasteiger partial charge in [0.05, 0.1) is 5.92 Å². The Labute approximate surface area is 90.7 Å². The van der Waals surface area contributed by atoms with Gasteiger partial charge in [-0.2, -0.15) is 0 Å². The van der Waals surface area contributed by atoms with Gasteiger partial charge in [-0.15, -0.1) is 0 Å². The summed E-state index contributed by atoms with van der Waals surface area (Å²) in [5, 5.41) is 2.62. The molecule has 1 aromatic carbocycles. The standard InChI is InChI=1S/C12H18N2O/c1-3-9-4-6-10(7-5-9)11(8-13)12(15)14-2/h4-7,11H,3,8,13H2,1-2H3,(H,14,15). The highest BCUT2D eigenvalue weighted by atomic mass is 16.1. The van der Waals surface area contributed by atoms with Crippen molar-refractivity contribution in [3.8, 4) is 0 Å². The molecule has 0 fully saturated rings. The molecule has 1 atom stereocenters. The predicted octanol–water partition coefficient (Wildman–Crippen LogP) is 1.04. The molecule has 1 aromatic rings. The van der Waals surface area contributed by atoms with Crippen LogP contribution in [0, 0.1) is 0 Å². The average Bonchev–Trinajstić information content (AvgIpc) is 2.30. The minimum Gasteiger partial charge on any atom is -0.359 e. The summed E-state index contributed by atoms with van der Waals surface area (Å²) in [6, 6.07) is 8.04. The molecule has 15 heavy (non-hydrogen) atoms. The second kappa shape index (κ2) is 5.51. The molecule has 0 bridgehead atoms. The van der Waals surface area contributed by atoms with E-state index >= 15 is 0 Å². The number of likely N-dealkylation sites (N-methyl/N-ethyl adjacent to an activating group) is 1. The lowest BCUT2D eigenvalue weighted by molar-refractivity contribution is -0.121. The molecular weight excluding hydrogens is 188 g/mol. The number of hydrogen-bond donors (Lipinski definition) is 2. The Hall–Kier alpha value is -1.35. The third-order valence-electron chi connectivity index (χ3n) is 2.59. The maximum atomic E-state index is 11.5. The molecule has 0 saturated carbocycles. The van der Waals surface area contributed by atoms with Gasteiger partial charge in [0, 0.05) is 13.6 Å². The number of carbonyl (C=O) groups is 1. The van der Waals surface area contributed by atoms with E-state index in [9.17, 15) is 4.79 Å².